The van der Waals surface area contributed by atoms with Crippen LogP contribution in [0.4, 0.5) is 20.8 Å². The van der Waals surface area contributed by atoms with Gasteiger partial charge in [0, 0.05) is 44.0 Å². The minimum Gasteiger partial charge on any atom is -0.392 e. The number of aromatic nitrogens is 2. The summed E-state index contributed by atoms with van der Waals surface area (Å²) in [6.07, 6.45) is 8.78. The van der Waals surface area contributed by atoms with Crippen LogP contribution in [0, 0.1) is 12.7 Å². The molecule has 0 unspecified atom stereocenters. The predicted molar refractivity (Wildman–Crippen MR) is 121 cm³/mol. The summed E-state index contributed by atoms with van der Waals surface area (Å²) < 4.78 is 14.5. The molecule has 0 spiro atoms. The summed E-state index contributed by atoms with van der Waals surface area (Å²) >= 11 is 0. The standard InChI is InChI=1S/C23H29FN6O2/c1-15-13-26-23(27-14-15)30-10-8-19(9-11-30)32-29-17-4-2-16(3-5-17)20-7-6-18(12-21(20)24)28-22(25)31/h6-7,12-14,16,19H,2-5,8-11H2,1H3,(H3,25,28,31). The van der Waals surface area contributed by atoms with Gasteiger partial charge < -0.3 is 20.8 Å². The van der Waals surface area contributed by atoms with E-state index in [-0.39, 0.29) is 17.8 Å². The number of hydrogen-bond donors (Lipinski definition) is 2. The minimum absolute atomic E-state index is 0.102. The lowest BCUT2D eigenvalue weighted by atomic mass is 9.83. The van der Waals surface area contributed by atoms with Crippen LogP contribution in [0.1, 0.15) is 55.6 Å². The van der Waals surface area contributed by atoms with Crippen molar-refractivity contribution in [2.75, 3.05) is 23.3 Å². The molecule has 0 radical (unpaired) electrons. The highest BCUT2D eigenvalue weighted by molar-refractivity contribution is 5.87. The number of benzene rings is 1. The van der Waals surface area contributed by atoms with E-state index in [1.165, 1.54) is 6.07 Å². The van der Waals surface area contributed by atoms with Gasteiger partial charge in [0.2, 0.25) is 5.95 Å². The van der Waals surface area contributed by atoms with Crippen molar-refractivity contribution in [1.29, 1.82) is 0 Å². The second kappa shape index (κ2) is 9.93. The van der Waals surface area contributed by atoms with Crippen LogP contribution in [0.25, 0.3) is 0 Å². The second-order valence-electron chi connectivity index (χ2n) is 8.51. The fourth-order valence-corrected chi connectivity index (χ4v) is 4.29. The summed E-state index contributed by atoms with van der Waals surface area (Å²) in [5, 5.41) is 6.82. The maximum atomic E-state index is 14.5. The molecule has 1 aromatic carbocycles. The zero-order valence-electron chi connectivity index (χ0n) is 18.3. The molecular weight excluding hydrogens is 411 g/mol. The van der Waals surface area contributed by atoms with Crippen molar-refractivity contribution in [3.8, 4) is 0 Å². The molecule has 4 rings (SSSR count). The first-order valence-electron chi connectivity index (χ1n) is 11.1. The highest BCUT2D eigenvalue weighted by Gasteiger charge is 2.25. The van der Waals surface area contributed by atoms with Gasteiger partial charge in [0.25, 0.3) is 0 Å². The van der Waals surface area contributed by atoms with Gasteiger partial charge in [0.15, 0.2) is 0 Å². The van der Waals surface area contributed by atoms with Crippen LogP contribution in [0.2, 0.25) is 0 Å². The molecule has 2 heterocycles. The molecule has 1 aliphatic carbocycles. The maximum absolute atomic E-state index is 14.5. The number of urea groups is 1. The van der Waals surface area contributed by atoms with Gasteiger partial charge in [0.1, 0.15) is 11.9 Å². The van der Waals surface area contributed by atoms with Gasteiger partial charge in [-0.05, 0) is 61.8 Å². The number of nitrogens with two attached hydrogens (primary N) is 1. The van der Waals surface area contributed by atoms with Gasteiger partial charge in [-0.1, -0.05) is 11.2 Å². The number of rotatable bonds is 5. The zero-order valence-corrected chi connectivity index (χ0v) is 18.3. The Morgan fingerprint density at radius 3 is 2.50 bits per heavy atom. The quantitative estimate of drug-likeness (QED) is 0.681. The van der Waals surface area contributed by atoms with Gasteiger partial charge in [-0.3, -0.25) is 0 Å². The van der Waals surface area contributed by atoms with E-state index in [1.54, 1.807) is 12.1 Å². The van der Waals surface area contributed by atoms with E-state index in [0.29, 0.717) is 11.3 Å². The summed E-state index contributed by atoms with van der Waals surface area (Å²) in [5.41, 5.74) is 8.22. The van der Waals surface area contributed by atoms with Crippen LogP contribution >= 0.6 is 0 Å². The van der Waals surface area contributed by atoms with Crippen molar-refractivity contribution in [1.82, 2.24) is 9.97 Å². The van der Waals surface area contributed by atoms with E-state index >= 15 is 0 Å². The number of nitrogens with zero attached hydrogens (tertiary/aromatic N) is 4. The summed E-state index contributed by atoms with van der Waals surface area (Å²) in [5.74, 6) is 0.584. The number of aryl methyl sites for hydroxylation is 1. The van der Waals surface area contributed by atoms with E-state index in [9.17, 15) is 9.18 Å². The first-order valence-corrected chi connectivity index (χ1v) is 11.1. The van der Waals surface area contributed by atoms with E-state index in [2.05, 4.69) is 25.3 Å². The summed E-state index contributed by atoms with van der Waals surface area (Å²) in [6.45, 7) is 3.67. The average molecular weight is 441 g/mol. The van der Waals surface area contributed by atoms with E-state index < -0.39 is 6.03 Å². The summed E-state index contributed by atoms with van der Waals surface area (Å²) in [6, 6.07) is 4.03. The van der Waals surface area contributed by atoms with Crippen LogP contribution in [0.3, 0.4) is 0 Å². The van der Waals surface area contributed by atoms with Crippen LogP contribution in [0.5, 0.6) is 0 Å². The largest absolute Gasteiger partial charge is 0.392 e. The SMILES string of the molecule is Cc1cnc(N2CCC(ON=C3CCC(c4ccc(NC(N)=O)cc4F)CC3)CC2)nc1. The molecule has 2 aromatic rings. The van der Waals surface area contributed by atoms with E-state index in [0.717, 1.165) is 68.8 Å². The molecule has 2 fully saturated rings. The fourth-order valence-electron chi connectivity index (χ4n) is 4.29. The molecule has 0 atom stereocenters. The number of carbonyl (C=O) groups is 1. The zero-order chi connectivity index (χ0) is 22.5. The lowest BCUT2D eigenvalue weighted by Crippen LogP contribution is -2.37. The van der Waals surface area contributed by atoms with Crippen LogP contribution < -0.4 is 16.0 Å². The Bertz CT molecular complexity index is 963. The van der Waals surface area contributed by atoms with Crippen molar-refractivity contribution in [3.05, 3.63) is 47.5 Å². The molecule has 2 aliphatic rings. The Hall–Kier alpha value is -3.23. The Balaban J connectivity index is 1.24. The van der Waals surface area contributed by atoms with Crippen molar-refractivity contribution in [2.24, 2.45) is 10.9 Å². The van der Waals surface area contributed by atoms with Crippen LogP contribution in [-0.2, 0) is 4.84 Å². The fraction of sp³-hybridized carbons (Fsp3) is 0.478. The Morgan fingerprint density at radius 1 is 1.19 bits per heavy atom. The number of carbonyl (C=O) groups excluding carboxylic acids is 1. The molecule has 1 aromatic heterocycles. The van der Waals surface area contributed by atoms with Crippen molar-refractivity contribution in [3.63, 3.8) is 0 Å². The molecule has 9 heteroatoms. The molecule has 0 bridgehead atoms. The molecule has 32 heavy (non-hydrogen) atoms. The molecular formula is C23H29FN6O2. The Labute approximate surface area is 187 Å². The molecule has 8 nitrogen and oxygen atoms in total. The Kier molecular flexibility index (Phi) is 6.82. The number of amides is 2. The van der Waals surface area contributed by atoms with Gasteiger partial charge in [0.05, 0.1) is 5.71 Å². The minimum atomic E-state index is -0.704. The monoisotopic (exact) mass is 440 g/mol. The van der Waals surface area contributed by atoms with Crippen LogP contribution in [-0.4, -0.2) is 40.9 Å². The number of piperidine rings is 1. The number of anilines is 2. The number of halogens is 1. The third kappa shape index (κ3) is 5.52. The Morgan fingerprint density at radius 2 is 1.88 bits per heavy atom. The molecule has 1 saturated heterocycles. The summed E-state index contributed by atoms with van der Waals surface area (Å²) in [7, 11) is 0. The smallest absolute Gasteiger partial charge is 0.316 e. The van der Waals surface area contributed by atoms with Gasteiger partial charge in [-0.15, -0.1) is 0 Å². The molecule has 170 valence electrons. The summed E-state index contributed by atoms with van der Waals surface area (Å²) in [4.78, 5) is 27.7. The molecule has 1 aliphatic heterocycles. The maximum Gasteiger partial charge on any atom is 0.316 e. The third-order valence-corrected chi connectivity index (χ3v) is 6.09. The molecule has 2 amide bonds. The first-order chi connectivity index (χ1) is 15.5. The van der Waals surface area contributed by atoms with Gasteiger partial charge in [-0.2, -0.15) is 0 Å². The van der Waals surface area contributed by atoms with E-state index in [4.69, 9.17) is 10.6 Å². The first kappa shape index (κ1) is 22.0. The number of oxime groups is 1. The predicted octanol–water partition coefficient (Wildman–Crippen LogP) is 4.11. The normalized spacial score (nSPS) is 19.5. The lowest BCUT2D eigenvalue weighted by Gasteiger charge is -2.31. The van der Waals surface area contributed by atoms with Crippen molar-refractivity contribution < 1.29 is 14.0 Å². The highest BCUT2D eigenvalue weighted by atomic mass is 19.1. The lowest BCUT2D eigenvalue weighted by molar-refractivity contribution is 0.0406. The molecule has 1 saturated carbocycles. The van der Waals surface area contributed by atoms with Crippen LogP contribution in [0.15, 0.2) is 35.7 Å². The molecule has 3 N–H and O–H groups in total. The van der Waals surface area contributed by atoms with Gasteiger partial charge in [-0.25, -0.2) is 19.2 Å². The average Bonchev–Trinajstić information content (AvgIpc) is 2.79. The number of primary amides is 1. The number of nitrogens with one attached hydrogen (secondary N) is 1. The van der Waals surface area contributed by atoms with Gasteiger partial charge >= 0.3 is 6.03 Å². The second-order valence-corrected chi connectivity index (χ2v) is 8.51. The van der Waals surface area contributed by atoms with Crippen molar-refractivity contribution >= 4 is 23.4 Å². The third-order valence-electron chi connectivity index (χ3n) is 6.09. The van der Waals surface area contributed by atoms with Crippen molar-refractivity contribution in [2.45, 2.75) is 57.5 Å². The topological polar surface area (TPSA) is 106 Å². The number of hydrogen-bond acceptors (Lipinski definition) is 6. The highest BCUT2D eigenvalue weighted by Crippen LogP contribution is 2.34. The van der Waals surface area contributed by atoms with E-state index in [1.807, 2.05) is 19.3 Å².